The van der Waals surface area contributed by atoms with Gasteiger partial charge in [-0.15, -0.1) is 0 Å². The fraction of sp³-hybridized carbons (Fsp3) is 0.222. The molecule has 2 aromatic rings. The van der Waals surface area contributed by atoms with Crippen LogP contribution in [0.5, 0.6) is 0 Å². The van der Waals surface area contributed by atoms with Crippen molar-refractivity contribution in [2.75, 3.05) is 0 Å². The maximum atomic E-state index is 12.3. The normalized spacial score (nSPS) is 11.6. The van der Waals surface area contributed by atoms with E-state index in [0.29, 0.717) is 12.1 Å². The first kappa shape index (κ1) is 16.5. The molecule has 4 N–H and O–H groups in total. The highest BCUT2D eigenvalue weighted by Gasteiger charge is 2.12. The molecule has 3 amide bonds. The molecule has 0 aliphatic heterocycles. The quantitative estimate of drug-likeness (QED) is 0.793. The summed E-state index contributed by atoms with van der Waals surface area (Å²) in [6.07, 6.45) is 0. The predicted molar refractivity (Wildman–Crippen MR) is 89.9 cm³/mol. The SMILES string of the molecule is Cc1ccccc1[C@H](C)NC(=O)c1ccc(CNC(N)=O)cc1. The second-order valence-electron chi connectivity index (χ2n) is 5.47. The van der Waals surface area contributed by atoms with Crippen LogP contribution >= 0.6 is 0 Å². The summed E-state index contributed by atoms with van der Waals surface area (Å²) in [5.41, 5.74) is 8.73. The van der Waals surface area contributed by atoms with Crippen LogP contribution in [0, 0.1) is 6.92 Å². The molecule has 0 bridgehead atoms. The van der Waals surface area contributed by atoms with Crippen molar-refractivity contribution in [1.82, 2.24) is 10.6 Å². The summed E-state index contributed by atoms with van der Waals surface area (Å²) >= 11 is 0. The number of aryl methyl sites for hydroxylation is 1. The van der Waals surface area contributed by atoms with Crippen molar-refractivity contribution in [3.05, 3.63) is 70.8 Å². The minimum Gasteiger partial charge on any atom is -0.352 e. The van der Waals surface area contributed by atoms with Gasteiger partial charge >= 0.3 is 6.03 Å². The summed E-state index contributed by atoms with van der Waals surface area (Å²) in [5.74, 6) is -0.129. The lowest BCUT2D eigenvalue weighted by Crippen LogP contribution is -2.29. The number of carbonyl (C=O) groups excluding carboxylic acids is 2. The number of urea groups is 1. The molecule has 0 radical (unpaired) electrons. The molecule has 0 saturated carbocycles. The molecule has 0 aromatic heterocycles. The number of nitrogens with two attached hydrogens (primary N) is 1. The number of benzene rings is 2. The third kappa shape index (κ3) is 4.57. The molecule has 0 spiro atoms. The van der Waals surface area contributed by atoms with Gasteiger partial charge in [0.25, 0.3) is 5.91 Å². The molecule has 0 fully saturated rings. The average molecular weight is 311 g/mol. The number of amides is 3. The van der Waals surface area contributed by atoms with E-state index in [1.54, 1.807) is 24.3 Å². The molecule has 2 rings (SSSR count). The maximum absolute atomic E-state index is 12.3. The standard InChI is InChI=1S/C18H21N3O2/c1-12-5-3-4-6-16(12)13(2)21-17(22)15-9-7-14(8-10-15)11-20-18(19)23/h3-10,13H,11H2,1-2H3,(H,21,22)(H3,19,20,23)/t13-/m0/s1. The Kier molecular flexibility index (Phi) is 5.36. The van der Waals surface area contributed by atoms with Gasteiger partial charge in [-0.05, 0) is 42.7 Å². The number of carbonyl (C=O) groups is 2. The molecular weight excluding hydrogens is 290 g/mol. The van der Waals surface area contributed by atoms with Crippen LogP contribution in [-0.4, -0.2) is 11.9 Å². The van der Waals surface area contributed by atoms with Gasteiger partial charge in [0.1, 0.15) is 0 Å². The highest BCUT2D eigenvalue weighted by molar-refractivity contribution is 5.94. The van der Waals surface area contributed by atoms with Crippen molar-refractivity contribution in [1.29, 1.82) is 0 Å². The van der Waals surface area contributed by atoms with Crippen molar-refractivity contribution in [3.8, 4) is 0 Å². The fourth-order valence-electron chi connectivity index (χ4n) is 2.39. The lowest BCUT2D eigenvalue weighted by molar-refractivity contribution is 0.0940. The van der Waals surface area contributed by atoms with Gasteiger partial charge in [-0.25, -0.2) is 4.79 Å². The van der Waals surface area contributed by atoms with E-state index in [0.717, 1.165) is 16.7 Å². The average Bonchev–Trinajstić information content (AvgIpc) is 2.53. The van der Waals surface area contributed by atoms with Crippen molar-refractivity contribution in [3.63, 3.8) is 0 Å². The minimum absolute atomic E-state index is 0.0695. The molecule has 0 aliphatic rings. The zero-order chi connectivity index (χ0) is 16.8. The van der Waals surface area contributed by atoms with Gasteiger partial charge in [0.2, 0.25) is 0 Å². The molecular formula is C18H21N3O2. The second kappa shape index (κ2) is 7.45. The first-order valence-electron chi connectivity index (χ1n) is 7.46. The van der Waals surface area contributed by atoms with Crippen LogP contribution in [-0.2, 0) is 6.54 Å². The highest BCUT2D eigenvalue weighted by atomic mass is 16.2. The van der Waals surface area contributed by atoms with Gasteiger partial charge in [0, 0.05) is 12.1 Å². The Labute approximate surface area is 135 Å². The molecule has 1 atom stereocenters. The number of rotatable bonds is 5. The number of hydrogen-bond acceptors (Lipinski definition) is 2. The third-order valence-corrected chi connectivity index (χ3v) is 3.69. The van der Waals surface area contributed by atoms with Crippen LogP contribution in [0.1, 0.15) is 40.0 Å². The summed E-state index contributed by atoms with van der Waals surface area (Å²) < 4.78 is 0. The van der Waals surface area contributed by atoms with Crippen molar-refractivity contribution >= 4 is 11.9 Å². The number of primary amides is 1. The van der Waals surface area contributed by atoms with Gasteiger partial charge in [0.05, 0.1) is 6.04 Å². The van der Waals surface area contributed by atoms with Gasteiger partial charge in [-0.1, -0.05) is 36.4 Å². The summed E-state index contributed by atoms with van der Waals surface area (Å²) in [6.45, 7) is 4.33. The lowest BCUT2D eigenvalue weighted by atomic mass is 10.0. The Morgan fingerprint density at radius 3 is 2.35 bits per heavy atom. The zero-order valence-corrected chi connectivity index (χ0v) is 13.3. The van der Waals surface area contributed by atoms with E-state index >= 15 is 0 Å². The first-order valence-corrected chi connectivity index (χ1v) is 7.46. The highest BCUT2D eigenvalue weighted by Crippen LogP contribution is 2.17. The number of hydrogen-bond donors (Lipinski definition) is 3. The molecule has 5 heteroatoms. The predicted octanol–water partition coefficient (Wildman–Crippen LogP) is 2.65. The van der Waals surface area contributed by atoms with Crippen LogP contribution < -0.4 is 16.4 Å². The molecule has 120 valence electrons. The van der Waals surface area contributed by atoms with Crippen LogP contribution in [0.4, 0.5) is 4.79 Å². The van der Waals surface area contributed by atoms with Gasteiger partial charge in [-0.2, -0.15) is 0 Å². The van der Waals surface area contributed by atoms with Crippen LogP contribution in [0.2, 0.25) is 0 Å². The van der Waals surface area contributed by atoms with Crippen LogP contribution in [0.25, 0.3) is 0 Å². The van der Waals surface area contributed by atoms with Crippen molar-refractivity contribution in [2.45, 2.75) is 26.4 Å². The van der Waals surface area contributed by atoms with Crippen molar-refractivity contribution in [2.24, 2.45) is 5.73 Å². The topological polar surface area (TPSA) is 84.2 Å². The summed E-state index contributed by atoms with van der Waals surface area (Å²) in [7, 11) is 0. The zero-order valence-electron chi connectivity index (χ0n) is 13.3. The van der Waals surface area contributed by atoms with E-state index in [4.69, 9.17) is 5.73 Å². The van der Waals surface area contributed by atoms with Gasteiger partial charge < -0.3 is 16.4 Å². The summed E-state index contributed by atoms with van der Waals surface area (Å²) in [4.78, 5) is 23.0. The number of nitrogens with one attached hydrogen (secondary N) is 2. The van der Waals surface area contributed by atoms with Gasteiger partial charge in [-0.3, -0.25) is 4.79 Å². The largest absolute Gasteiger partial charge is 0.352 e. The molecule has 0 saturated heterocycles. The molecule has 0 unspecified atom stereocenters. The summed E-state index contributed by atoms with van der Waals surface area (Å²) in [5, 5.41) is 5.50. The lowest BCUT2D eigenvalue weighted by Gasteiger charge is -2.16. The molecule has 5 nitrogen and oxygen atoms in total. The molecule has 2 aromatic carbocycles. The first-order chi connectivity index (χ1) is 11.0. The smallest absolute Gasteiger partial charge is 0.312 e. The summed E-state index contributed by atoms with van der Waals surface area (Å²) in [6, 6.07) is 14.4. The van der Waals surface area contributed by atoms with E-state index < -0.39 is 6.03 Å². The Morgan fingerprint density at radius 2 is 1.74 bits per heavy atom. The Bertz CT molecular complexity index is 696. The Hall–Kier alpha value is -2.82. The fourth-order valence-corrected chi connectivity index (χ4v) is 2.39. The third-order valence-electron chi connectivity index (χ3n) is 3.69. The molecule has 0 aliphatic carbocycles. The second-order valence-corrected chi connectivity index (χ2v) is 5.47. The molecule has 23 heavy (non-hydrogen) atoms. The maximum Gasteiger partial charge on any atom is 0.312 e. The minimum atomic E-state index is -0.570. The van der Waals surface area contributed by atoms with Gasteiger partial charge in [0.15, 0.2) is 0 Å². The monoisotopic (exact) mass is 311 g/mol. The Balaban J connectivity index is 2.00. The Morgan fingerprint density at radius 1 is 1.09 bits per heavy atom. The van der Waals surface area contributed by atoms with E-state index in [-0.39, 0.29) is 11.9 Å². The van der Waals surface area contributed by atoms with E-state index in [9.17, 15) is 9.59 Å². The van der Waals surface area contributed by atoms with E-state index in [1.807, 2.05) is 38.1 Å². The molecule has 0 heterocycles. The van der Waals surface area contributed by atoms with Crippen LogP contribution in [0.3, 0.4) is 0 Å². The van der Waals surface area contributed by atoms with E-state index in [1.165, 1.54) is 0 Å². The van der Waals surface area contributed by atoms with E-state index in [2.05, 4.69) is 10.6 Å². The van der Waals surface area contributed by atoms with Crippen molar-refractivity contribution < 1.29 is 9.59 Å². The van der Waals surface area contributed by atoms with Crippen LogP contribution in [0.15, 0.2) is 48.5 Å².